The summed E-state index contributed by atoms with van der Waals surface area (Å²) in [6, 6.07) is 29.2. The van der Waals surface area contributed by atoms with Crippen LogP contribution in [0.25, 0.3) is 28.4 Å². The molecule has 0 bridgehead atoms. The molecule has 0 saturated carbocycles. The number of nitrogens with zero attached hydrogens (tertiary/aromatic N) is 3. The second kappa shape index (κ2) is 11.5. The van der Waals surface area contributed by atoms with Gasteiger partial charge in [-0.05, 0) is 54.1 Å². The van der Waals surface area contributed by atoms with Crippen molar-refractivity contribution in [2.24, 2.45) is 5.10 Å². The maximum atomic E-state index is 13.5. The van der Waals surface area contributed by atoms with Gasteiger partial charge in [0, 0.05) is 26.1 Å². The van der Waals surface area contributed by atoms with Gasteiger partial charge in [0.05, 0.1) is 17.1 Å². The van der Waals surface area contributed by atoms with Crippen LogP contribution in [0.15, 0.2) is 122 Å². The molecule has 0 unspecified atom stereocenters. The molecule has 0 radical (unpaired) electrons. The summed E-state index contributed by atoms with van der Waals surface area (Å²) in [7, 11) is 0. The Bertz CT molecular complexity index is 1750. The summed E-state index contributed by atoms with van der Waals surface area (Å²) < 4.78 is 8.51. The minimum Gasteiger partial charge on any atom is -0.423 e. The fraction of sp³-hybridized carbons (Fsp3) is 0. The molecule has 5 aromatic rings. The van der Waals surface area contributed by atoms with Crippen LogP contribution in [0.2, 0.25) is 0 Å². The first-order valence-electron chi connectivity index (χ1n) is 11.5. The van der Waals surface area contributed by atoms with Crippen LogP contribution in [0.3, 0.4) is 0 Å². The standard InChI is InChI=1S/C30H19Br2N3O3/c31-23-13-11-21(12-14-23)29-34-26-9-5-4-8-25(26)30(37)35(29)33-19-22-18-24(32)15-16-27(22)38-28(36)17-10-20-6-2-1-3-7-20/h1-19H/b17-10+,33-19?. The van der Waals surface area contributed by atoms with Gasteiger partial charge in [-0.3, -0.25) is 4.79 Å². The smallest absolute Gasteiger partial charge is 0.336 e. The van der Waals surface area contributed by atoms with E-state index in [4.69, 9.17) is 9.72 Å². The molecule has 0 aliphatic heterocycles. The van der Waals surface area contributed by atoms with Gasteiger partial charge in [-0.25, -0.2) is 9.78 Å². The Morgan fingerprint density at radius 2 is 1.58 bits per heavy atom. The van der Waals surface area contributed by atoms with Crippen LogP contribution in [0.5, 0.6) is 5.75 Å². The van der Waals surface area contributed by atoms with E-state index in [-0.39, 0.29) is 5.56 Å². The van der Waals surface area contributed by atoms with Gasteiger partial charge in [0.25, 0.3) is 5.56 Å². The Hall–Kier alpha value is -4.14. The lowest BCUT2D eigenvalue weighted by Crippen LogP contribution is -2.20. The number of aromatic nitrogens is 2. The van der Waals surface area contributed by atoms with Gasteiger partial charge in [-0.2, -0.15) is 9.78 Å². The monoisotopic (exact) mass is 627 g/mol. The average molecular weight is 629 g/mol. The highest BCUT2D eigenvalue weighted by Crippen LogP contribution is 2.24. The molecule has 0 fully saturated rings. The Morgan fingerprint density at radius 1 is 0.868 bits per heavy atom. The van der Waals surface area contributed by atoms with Gasteiger partial charge in [-0.15, -0.1) is 0 Å². The topological polar surface area (TPSA) is 73.5 Å². The van der Waals surface area contributed by atoms with E-state index in [0.717, 1.165) is 20.1 Å². The molecule has 0 N–H and O–H groups in total. The summed E-state index contributed by atoms with van der Waals surface area (Å²) in [5.74, 6) is 0.148. The van der Waals surface area contributed by atoms with Crippen LogP contribution in [-0.4, -0.2) is 21.8 Å². The molecule has 38 heavy (non-hydrogen) atoms. The lowest BCUT2D eigenvalue weighted by atomic mass is 10.2. The largest absolute Gasteiger partial charge is 0.423 e. The maximum absolute atomic E-state index is 13.5. The molecule has 1 aromatic heterocycles. The normalized spacial score (nSPS) is 11.4. The third-order valence-corrected chi connectivity index (χ3v) is 6.58. The van der Waals surface area contributed by atoms with Crippen molar-refractivity contribution in [1.29, 1.82) is 0 Å². The first-order chi connectivity index (χ1) is 18.5. The number of esters is 1. The third kappa shape index (κ3) is 5.88. The van der Waals surface area contributed by atoms with Crippen LogP contribution in [0.1, 0.15) is 11.1 Å². The highest BCUT2D eigenvalue weighted by Gasteiger charge is 2.13. The van der Waals surface area contributed by atoms with Crippen LogP contribution in [-0.2, 0) is 4.79 Å². The van der Waals surface area contributed by atoms with Crippen LogP contribution >= 0.6 is 31.9 Å². The molecular weight excluding hydrogens is 610 g/mol. The second-order valence-corrected chi connectivity index (χ2v) is 10.00. The zero-order valence-electron chi connectivity index (χ0n) is 19.8. The number of benzene rings is 4. The zero-order valence-corrected chi connectivity index (χ0v) is 23.0. The lowest BCUT2D eigenvalue weighted by Gasteiger charge is -2.10. The number of para-hydroxylation sites is 1. The number of ether oxygens (including phenoxy) is 1. The molecular formula is C30H19Br2N3O3. The van der Waals surface area contributed by atoms with Crippen molar-refractivity contribution in [2.45, 2.75) is 0 Å². The van der Waals surface area contributed by atoms with Crippen molar-refractivity contribution in [3.63, 3.8) is 0 Å². The predicted octanol–water partition coefficient (Wildman–Crippen LogP) is 7.09. The van der Waals surface area contributed by atoms with Gasteiger partial charge in [0.15, 0.2) is 5.82 Å². The molecule has 0 saturated heterocycles. The second-order valence-electron chi connectivity index (χ2n) is 8.17. The molecule has 1 heterocycles. The first-order valence-corrected chi connectivity index (χ1v) is 13.1. The average Bonchev–Trinajstić information content (AvgIpc) is 2.94. The van der Waals surface area contributed by atoms with Gasteiger partial charge in [-0.1, -0.05) is 86.5 Å². The van der Waals surface area contributed by atoms with Gasteiger partial charge < -0.3 is 4.74 Å². The predicted molar refractivity (Wildman–Crippen MR) is 157 cm³/mol. The molecule has 0 aliphatic carbocycles. The summed E-state index contributed by atoms with van der Waals surface area (Å²) in [5, 5.41) is 4.94. The quantitative estimate of drug-likeness (QED) is 0.0871. The number of rotatable bonds is 6. The molecule has 5 rings (SSSR count). The van der Waals surface area contributed by atoms with E-state index in [9.17, 15) is 9.59 Å². The Kier molecular flexibility index (Phi) is 7.72. The molecule has 0 atom stereocenters. The molecule has 8 heteroatoms. The van der Waals surface area contributed by atoms with Crippen molar-refractivity contribution in [1.82, 2.24) is 9.66 Å². The van der Waals surface area contributed by atoms with Crippen molar-refractivity contribution in [3.8, 4) is 17.1 Å². The third-order valence-electron chi connectivity index (χ3n) is 5.56. The number of hydrogen-bond donors (Lipinski definition) is 0. The summed E-state index contributed by atoms with van der Waals surface area (Å²) in [6.07, 6.45) is 4.52. The Labute approximate surface area is 235 Å². The van der Waals surface area contributed by atoms with Crippen molar-refractivity contribution < 1.29 is 9.53 Å². The van der Waals surface area contributed by atoms with E-state index >= 15 is 0 Å². The van der Waals surface area contributed by atoms with E-state index in [2.05, 4.69) is 37.0 Å². The van der Waals surface area contributed by atoms with E-state index in [1.165, 1.54) is 17.0 Å². The molecule has 0 aliphatic rings. The summed E-state index contributed by atoms with van der Waals surface area (Å²) in [4.78, 5) is 30.7. The summed E-state index contributed by atoms with van der Waals surface area (Å²) in [6.45, 7) is 0. The number of hydrogen-bond acceptors (Lipinski definition) is 5. The highest BCUT2D eigenvalue weighted by atomic mass is 79.9. The van der Waals surface area contributed by atoms with Crippen molar-refractivity contribution in [2.75, 3.05) is 0 Å². The van der Waals surface area contributed by atoms with Gasteiger partial charge in [0.2, 0.25) is 0 Å². The lowest BCUT2D eigenvalue weighted by molar-refractivity contribution is -0.128. The molecule has 186 valence electrons. The van der Waals surface area contributed by atoms with Crippen molar-refractivity contribution in [3.05, 3.63) is 134 Å². The summed E-state index contributed by atoms with van der Waals surface area (Å²) >= 11 is 6.90. The van der Waals surface area contributed by atoms with Gasteiger partial charge in [0.1, 0.15) is 5.75 Å². The number of fused-ring (bicyclic) bond motifs is 1. The minimum atomic E-state index is -0.536. The minimum absolute atomic E-state index is 0.298. The summed E-state index contributed by atoms with van der Waals surface area (Å²) in [5.41, 5.74) is 2.36. The number of carbonyl (C=O) groups excluding carboxylic acids is 1. The maximum Gasteiger partial charge on any atom is 0.336 e. The van der Waals surface area contributed by atoms with Crippen LogP contribution in [0, 0.1) is 0 Å². The van der Waals surface area contributed by atoms with E-state index in [1.807, 2.05) is 60.7 Å². The van der Waals surface area contributed by atoms with E-state index < -0.39 is 5.97 Å². The van der Waals surface area contributed by atoms with Gasteiger partial charge >= 0.3 is 5.97 Å². The molecule has 4 aromatic carbocycles. The van der Waals surface area contributed by atoms with E-state index in [1.54, 1.807) is 42.5 Å². The molecule has 0 spiro atoms. The zero-order chi connectivity index (χ0) is 26.5. The van der Waals surface area contributed by atoms with Crippen LogP contribution < -0.4 is 10.3 Å². The number of carbonyl (C=O) groups is 1. The Morgan fingerprint density at radius 3 is 2.37 bits per heavy atom. The first kappa shape index (κ1) is 25.5. The molecule has 6 nitrogen and oxygen atoms in total. The van der Waals surface area contributed by atoms with Crippen LogP contribution in [0.4, 0.5) is 0 Å². The highest BCUT2D eigenvalue weighted by molar-refractivity contribution is 9.10. The fourth-order valence-corrected chi connectivity index (χ4v) is 4.36. The SMILES string of the molecule is O=C(/C=C/c1ccccc1)Oc1ccc(Br)cc1C=Nn1c(-c2ccc(Br)cc2)nc2ccccc2c1=O. The molecule has 0 amide bonds. The van der Waals surface area contributed by atoms with E-state index in [0.29, 0.717) is 28.0 Å². The Balaban J connectivity index is 1.53. The fourth-order valence-electron chi connectivity index (χ4n) is 3.72. The number of halogens is 2. The van der Waals surface area contributed by atoms with Crippen molar-refractivity contribution >= 4 is 61.0 Å².